The molecule has 0 radical (unpaired) electrons. The van der Waals surface area contributed by atoms with Crippen LogP contribution in [0.4, 0.5) is 4.39 Å². The molecule has 3 aromatic rings. The Morgan fingerprint density at radius 2 is 1.79 bits per heavy atom. The average molecular weight is 248 g/mol. The number of nitriles is 1. The summed E-state index contributed by atoms with van der Waals surface area (Å²) in [5.41, 5.74) is 1.53. The van der Waals surface area contributed by atoms with Gasteiger partial charge in [0.2, 0.25) is 0 Å². The van der Waals surface area contributed by atoms with Gasteiger partial charge in [-0.05, 0) is 23.1 Å². The number of aromatic nitrogens is 1. The van der Waals surface area contributed by atoms with Crippen LogP contribution >= 0.6 is 0 Å². The zero-order chi connectivity index (χ0) is 13.2. The van der Waals surface area contributed by atoms with Gasteiger partial charge in [-0.25, -0.2) is 4.39 Å². The minimum Gasteiger partial charge on any atom is -0.264 e. The first-order valence-electron chi connectivity index (χ1n) is 5.83. The minimum atomic E-state index is -0.494. The van der Waals surface area contributed by atoms with Crippen LogP contribution in [0.25, 0.3) is 21.9 Å². The molecule has 19 heavy (non-hydrogen) atoms. The highest BCUT2D eigenvalue weighted by molar-refractivity contribution is 5.97. The summed E-state index contributed by atoms with van der Waals surface area (Å²) in [5, 5.41) is 11.1. The van der Waals surface area contributed by atoms with Gasteiger partial charge in [-0.1, -0.05) is 30.3 Å². The molecule has 0 aliphatic heterocycles. The van der Waals surface area contributed by atoms with Gasteiger partial charge in [-0.3, -0.25) is 4.98 Å². The largest absolute Gasteiger partial charge is 0.264 e. The van der Waals surface area contributed by atoms with Crippen LogP contribution in [0.2, 0.25) is 0 Å². The lowest BCUT2D eigenvalue weighted by atomic mass is 9.95. The van der Waals surface area contributed by atoms with Crippen molar-refractivity contribution in [3.8, 4) is 17.2 Å². The molecule has 0 saturated heterocycles. The summed E-state index contributed by atoms with van der Waals surface area (Å²) in [6, 6.07) is 14.2. The van der Waals surface area contributed by atoms with E-state index in [1.807, 2.05) is 30.3 Å². The number of hydrogen-bond acceptors (Lipinski definition) is 2. The molecule has 90 valence electrons. The van der Waals surface area contributed by atoms with E-state index in [1.165, 1.54) is 6.07 Å². The molecule has 0 spiro atoms. The first-order valence-corrected chi connectivity index (χ1v) is 5.83. The zero-order valence-electron chi connectivity index (χ0n) is 9.97. The van der Waals surface area contributed by atoms with Gasteiger partial charge in [-0.2, -0.15) is 5.26 Å². The Hall–Kier alpha value is -2.73. The molecule has 0 N–H and O–H groups in total. The number of rotatable bonds is 1. The fraction of sp³-hybridized carbons (Fsp3) is 0. The van der Waals surface area contributed by atoms with Crippen LogP contribution in [0.3, 0.4) is 0 Å². The summed E-state index contributed by atoms with van der Waals surface area (Å²) >= 11 is 0. The van der Waals surface area contributed by atoms with E-state index in [-0.39, 0.29) is 5.56 Å². The molecule has 3 heteroatoms. The molecule has 1 heterocycles. The zero-order valence-corrected chi connectivity index (χ0v) is 9.97. The molecule has 3 rings (SSSR count). The Bertz CT molecular complexity index is 798. The number of hydrogen-bond donors (Lipinski definition) is 0. The third kappa shape index (κ3) is 1.84. The van der Waals surface area contributed by atoms with Crippen LogP contribution in [0.1, 0.15) is 5.56 Å². The van der Waals surface area contributed by atoms with Crippen molar-refractivity contribution in [2.75, 3.05) is 0 Å². The summed E-state index contributed by atoms with van der Waals surface area (Å²) in [4.78, 5) is 4.07. The monoisotopic (exact) mass is 248 g/mol. The second-order valence-electron chi connectivity index (χ2n) is 4.18. The normalized spacial score (nSPS) is 10.3. The van der Waals surface area contributed by atoms with Crippen LogP contribution < -0.4 is 0 Å². The highest BCUT2D eigenvalue weighted by Gasteiger charge is 2.11. The van der Waals surface area contributed by atoms with Gasteiger partial charge in [0.05, 0.1) is 5.56 Å². The van der Waals surface area contributed by atoms with E-state index in [1.54, 1.807) is 24.5 Å². The summed E-state index contributed by atoms with van der Waals surface area (Å²) < 4.78 is 13.7. The third-order valence-electron chi connectivity index (χ3n) is 3.10. The Kier molecular flexibility index (Phi) is 2.70. The number of pyridine rings is 1. The van der Waals surface area contributed by atoms with E-state index >= 15 is 0 Å². The van der Waals surface area contributed by atoms with Crippen molar-refractivity contribution in [1.82, 2.24) is 4.98 Å². The van der Waals surface area contributed by atoms with E-state index in [0.717, 1.165) is 16.3 Å². The topological polar surface area (TPSA) is 36.7 Å². The van der Waals surface area contributed by atoms with Crippen molar-refractivity contribution in [3.63, 3.8) is 0 Å². The van der Waals surface area contributed by atoms with Crippen LogP contribution in [0, 0.1) is 17.1 Å². The van der Waals surface area contributed by atoms with Crippen LogP contribution in [0.5, 0.6) is 0 Å². The number of nitrogens with zero attached hydrogens (tertiary/aromatic N) is 2. The summed E-state index contributed by atoms with van der Waals surface area (Å²) in [6.07, 6.45) is 3.45. The van der Waals surface area contributed by atoms with E-state index in [0.29, 0.717) is 5.56 Å². The molecule has 0 bridgehead atoms. The Balaban J connectivity index is 2.38. The second kappa shape index (κ2) is 4.51. The lowest BCUT2D eigenvalue weighted by molar-refractivity contribution is 0.624. The van der Waals surface area contributed by atoms with E-state index in [2.05, 4.69) is 4.98 Å². The average Bonchev–Trinajstić information content (AvgIpc) is 2.46. The molecule has 0 aliphatic carbocycles. The maximum absolute atomic E-state index is 13.7. The van der Waals surface area contributed by atoms with Crippen LogP contribution in [-0.2, 0) is 0 Å². The Labute approximate surface area is 109 Å². The molecule has 2 aromatic carbocycles. The first-order chi connectivity index (χ1) is 9.31. The second-order valence-corrected chi connectivity index (χ2v) is 4.18. The molecule has 0 saturated carbocycles. The van der Waals surface area contributed by atoms with Crippen LogP contribution in [0.15, 0.2) is 54.9 Å². The van der Waals surface area contributed by atoms with E-state index in [9.17, 15) is 4.39 Å². The number of benzene rings is 2. The lowest BCUT2D eigenvalue weighted by Crippen LogP contribution is -1.90. The molecular formula is C16H9FN2. The minimum absolute atomic E-state index is 0.0758. The van der Waals surface area contributed by atoms with Gasteiger partial charge in [-0.15, -0.1) is 0 Å². The third-order valence-corrected chi connectivity index (χ3v) is 3.10. The van der Waals surface area contributed by atoms with E-state index < -0.39 is 5.82 Å². The molecule has 0 fully saturated rings. The van der Waals surface area contributed by atoms with Crippen molar-refractivity contribution in [2.45, 2.75) is 0 Å². The highest BCUT2D eigenvalue weighted by Crippen LogP contribution is 2.31. The first kappa shape index (κ1) is 11.4. The summed E-state index contributed by atoms with van der Waals surface area (Å²) in [5.74, 6) is -0.494. The van der Waals surface area contributed by atoms with Crippen molar-refractivity contribution in [1.29, 1.82) is 5.26 Å². The predicted octanol–water partition coefficient (Wildman–Crippen LogP) is 3.91. The van der Waals surface area contributed by atoms with Crippen LogP contribution in [-0.4, -0.2) is 4.98 Å². The van der Waals surface area contributed by atoms with Crippen molar-refractivity contribution in [3.05, 3.63) is 66.2 Å². The predicted molar refractivity (Wildman–Crippen MR) is 71.9 cm³/mol. The quantitative estimate of drug-likeness (QED) is 0.654. The van der Waals surface area contributed by atoms with Crippen molar-refractivity contribution >= 4 is 10.8 Å². The summed E-state index contributed by atoms with van der Waals surface area (Å²) in [7, 11) is 0. The van der Waals surface area contributed by atoms with Gasteiger partial charge in [0.25, 0.3) is 0 Å². The van der Waals surface area contributed by atoms with Gasteiger partial charge in [0, 0.05) is 23.3 Å². The maximum atomic E-state index is 13.7. The molecule has 0 aliphatic rings. The SMILES string of the molecule is N#Cc1c(F)cccc1-c1cccc2cnccc12. The summed E-state index contributed by atoms with van der Waals surface area (Å²) in [6.45, 7) is 0. The molecule has 0 amide bonds. The lowest BCUT2D eigenvalue weighted by Gasteiger charge is -2.08. The van der Waals surface area contributed by atoms with E-state index in [4.69, 9.17) is 5.26 Å². The van der Waals surface area contributed by atoms with Gasteiger partial charge >= 0.3 is 0 Å². The Morgan fingerprint density at radius 3 is 2.63 bits per heavy atom. The molecule has 0 unspecified atom stereocenters. The Morgan fingerprint density at radius 1 is 1.00 bits per heavy atom. The standard InChI is InChI=1S/C16H9FN2/c17-16-6-2-5-14(15(16)9-18)13-4-1-3-11-10-19-8-7-12(11)13/h1-8,10H. The van der Waals surface area contributed by atoms with Gasteiger partial charge < -0.3 is 0 Å². The fourth-order valence-electron chi connectivity index (χ4n) is 2.22. The maximum Gasteiger partial charge on any atom is 0.141 e. The highest BCUT2D eigenvalue weighted by atomic mass is 19.1. The number of halogens is 1. The molecule has 2 nitrogen and oxygen atoms in total. The smallest absolute Gasteiger partial charge is 0.141 e. The molecule has 1 aromatic heterocycles. The number of fused-ring (bicyclic) bond motifs is 1. The molecule has 0 atom stereocenters. The van der Waals surface area contributed by atoms with Gasteiger partial charge in [0.1, 0.15) is 11.9 Å². The fourth-order valence-corrected chi connectivity index (χ4v) is 2.22. The van der Waals surface area contributed by atoms with Crippen molar-refractivity contribution in [2.24, 2.45) is 0 Å². The molecular weight excluding hydrogens is 239 g/mol. The van der Waals surface area contributed by atoms with Gasteiger partial charge in [0.15, 0.2) is 0 Å². The van der Waals surface area contributed by atoms with Crippen molar-refractivity contribution < 1.29 is 4.39 Å².